The Morgan fingerprint density at radius 3 is 2.70 bits per heavy atom. The van der Waals surface area contributed by atoms with Crippen LogP contribution in [0.5, 0.6) is 11.5 Å². The van der Waals surface area contributed by atoms with Crippen molar-refractivity contribution in [3.8, 4) is 11.5 Å². The normalized spacial score (nSPS) is 25.5. The molecule has 122 valence electrons. The van der Waals surface area contributed by atoms with Crippen LogP contribution in [0.15, 0.2) is 18.2 Å². The zero-order chi connectivity index (χ0) is 16.0. The number of urea groups is 1. The molecule has 2 aliphatic heterocycles. The van der Waals surface area contributed by atoms with Crippen molar-refractivity contribution in [3.05, 3.63) is 18.2 Å². The number of rotatable bonds is 3. The van der Waals surface area contributed by atoms with Gasteiger partial charge in [-0.2, -0.15) is 0 Å². The number of fused-ring (bicyclic) bond motifs is 1. The number of amides is 2. The fourth-order valence-electron chi connectivity index (χ4n) is 3.43. The van der Waals surface area contributed by atoms with Gasteiger partial charge >= 0.3 is 12.0 Å². The molecule has 0 bridgehead atoms. The van der Waals surface area contributed by atoms with Gasteiger partial charge in [0.25, 0.3) is 0 Å². The number of aliphatic carboxylic acids is 1. The maximum Gasteiger partial charge on any atom is 0.321 e. The number of nitrogens with zero attached hydrogens (tertiary/aromatic N) is 1. The van der Waals surface area contributed by atoms with Crippen LogP contribution in [-0.2, 0) is 4.79 Å². The Morgan fingerprint density at radius 2 is 1.96 bits per heavy atom. The average Bonchev–Trinajstić information content (AvgIpc) is 3.10. The second-order valence-corrected chi connectivity index (χ2v) is 6.35. The van der Waals surface area contributed by atoms with Gasteiger partial charge in [0.2, 0.25) is 6.79 Å². The minimum Gasteiger partial charge on any atom is -0.481 e. The van der Waals surface area contributed by atoms with E-state index in [0.29, 0.717) is 29.6 Å². The predicted molar refractivity (Wildman–Crippen MR) is 80.5 cm³/mol. The van der Waals surface area contributed by atoms with E-state index in [0.717, 1.165) is 12.8 Å². The number of anilines is 1. The number of ether oxygens (including phenoxy) is 2. The summed E-state index contributed by atoms with van der Waals surface area (Å²) in [4.78, 5) is 25.4. The Morgan fingerprint density at radius 1 is 1.17 bits per heavy atom. The molecule has 1 saturated heterocycles. The molecule has 2 fully saturated rings. The smallest absolute Gasteiger partial charge is 0.321 e. The standard InChI is InChI=1S/C16H18N2O5/c19-15(20)12-7-18(6-11(12)9-1-2-9)16(21)17-10-3-4-13-14(5-10)23-8-22-13/h3-5,9,11-12H,1-2,6-8H2,(H,17,21)(H,19,20). The molecule has 0 spiro atoms. The molecule has 2 heterocycles. The van der Waals surface area contributed by atoms with Crippen LogP contribution < -0.4 is 14.8 Å². The lowest BCUT2D eigenvalue weighted by molar-refractivity contribution is -0.142. The first kappa shape index (κ1) is 14.2. The van der Waals surface area contributed by atoms with Gasteiger partial charge in [0, 0.05) is 24.8 Å². The van der Waals surface area contributed by atoms with Crippen LogP contribution in [0.1, 0.15) is 12.8 Å². The zero-order valence-corrected chi connectivity index (χ0v) is 12.5. The van der Waals surface area contributed by atoms with Crippen molar-refractivity contribution < 1.29 is 24.2 Å². The third kappa shape index (κ3) is 2.67. The molecule has 2 N–H and O–H groups in total. The summed E-state index contributed by atoms with van der Waals surface area (Å²) in [6.07, 6.45) is 2.15. The quantitative estimate of drug-likeness (QED) is 0.890. The third-order valence-electron chi connectivity index (χ3n) is 4.82. The van der Waals surface area contributed by atoms with E-state index in [9.17, 15) is 14.7 Å². The Hall–Kier alpha value is -2.44. The first-order valence-corrected chi connectivity index (χ1v) is 7.80. The van der Waals surface area contributed by atoms with Crippen molar-refractivity contribution in [1.29, 1.82) is 0 Å². The summed E-state index contributed by atoms with van der Waals surface area (Å²) in [6.45, 7) is 0.965. The van der Waals surface area contributed by atoms with Gasteiger partial charge in [-0.15, -0.1) is 0 Å². The molecule has 2 unspecified atom stereocenters. The highest BCUT2D eigenvalue weighted by Crippen LogP contribution is 2.44. The van der Waals surface area contributed by atoms with Gasteiger partial charge in [0.1, 0.15) is 0 Å². The third-order valence-corrected chi connectivity index (χ3v) is 4.82. The van der Waals surface area contributed by atoms with Gasteiger partial charge in [-0.1, -0.05) is 0 Å². The van der Waals surface area contributed by atoms with E-state index in [2.05, 4.69) is 5.32 Å². The number of nitrogens with one attached hydrogen (secondary N) is 1. The lowest BCUT2D eigenvalue weighted by atomic mass is 9.92. The van der Waals surface area contributed by atoms with Crippen molar-refractivity contribution in [2.45, 2.75) is 12.8 Å². The van der Waals surface area contributed by atoms with Crippen LogP contribution in [0.3, 0.4) is 0 Å². The van der Waals surface area contributed by atoms with Gasteiger partial charge in [-0.05, 0) is 36.8 Å². The molecule has 1 aromatic rings. The minimum absolute atomic E-state index is 0.0787. The van der Waals surface area contributed by atoms with Crippen molar-refractivity contribution in [1.82, 2.24) is 4.90 Å². The maximum absolute atomic E-state index is 12.4. The van der Waals surface area contributed by atoms with E-state index in [1.54, 1.807) is 23.1 Å². The summed E-state index contributed by atoms with van der Waals surface area (Å²) in [5, 5.41) is 12.2. The first-order valence-electron chi connectivity index (χ1n) is 7.80. The lowest BCUT2D eigenvalue weighted by Gasteiger charge is -2.17. The molecule has 7 heteroatoms. The second-order valence-electron chi connectivity index (χ2n) is 6.35. The topological polar surface area (TPSA) is 88.1 Å². The van der Waals surface area contributed by atoms with Gasteiger partial charge in [-0.3, -0.25) is 4.79 Å². The van der Waals surface area contributed by atoms with Crippen molar-refractivity contribution >= 4 is 17.7 Å². The Labute approximate surface area is 133 Å². The van der Waals surface area contributed by atoms with Crippen LogP contribution in [0, 0.1) is 17.8 Å². The largest absolute Gasteiger partial charge is 0.481 e. The number of carbonyl (C=O) groups excluding carboxylic acids is 1. The molecule has 3 aliphatic rings. The average molecular weight is 318 g/mol. The van der Waals surface area contributed by atoms with Crippen LogP contribution in [0.4, 0.5) is 10.5 Å². The van der Waals surface area contributed by atoms with E-state index in [-0.39, 0.29) is 25.3 Å². The number of carboxylic acids is 1. The Bertz CT molecular complexity index is 658. The Balaban J connectivity index is 1.44. The van der Waals surface area contributed by atoms with Crippen molar-refractivity contribution in [3.63, 3.8) is 0 Å². The monoisotopic (exact) mass is 318 g/mol. The summed E-state index contributed by atoms with van der Waals surface area (Å²) < 4.78 is 10.5. The number of hydrogen-bond acceptors (Lipinski definition) is 4. The summed E-state index contributed by atoms with van der Waals surface area (Å²) >= 11 is 0. The number of carboxylic acid groups (broad SMARTS) is 1. The molecule has 23 heavy (non-hydrogen) atoms. The number of hydrogen-bond donors (Lipinski definition) is 2. The maximum atomic E-state index is 12.4. The van der Waals surface area contributed by atoms with E-state index in [1.165, 1.54) is 0 Å². The molecule has 1 aliphatic carbocycles. The van der Waals surface area contributed by atoms with Crippen molar-refractivity contribution in [2.75, 3.05) is 25.2 Å². The summed E-state index contributed by atoms with van der Waals surface area (Å²) in [5.41, 5.74) is 0.612. The predicted octanol–water partition coefficient (Wildman–Crippen LogP) is 1.99. The molecule has 7 nitrogen and oxygen atoms in total. The van der Waals surface area contributed by atoms with E-state index in [1.807, 2.05) is 0 Å². The van der Waals surface area contributed by atoms with Crippen LogP contribution in [0.2, 0.25) is 0 Å². The molecular weight excluding hydrogens is 300 g/mol. The molecular formula is C16H18N2O5. The van der Waals surface area contributed by atoms with Gasteiger partial charge in [0.05, 0.1) is 5.92 Å². The zero-order valence-electron chi connectivity index (χ0n) is 12.5. The van der Waals surface area contributed by atoms with E-state index in [4.69, 9.17) is 9.47 Å². The number of likely N-dealkylation sites (tertiary alicyclic amines) is 1. The van der Waals surface area contributed by atoms with Crippen molar-refractivity contribution in [2.24, 2.45) is 17.8 Å². The molecule has 0 radical (unpaired) electrons. The molecule has 2 amide bonds. The van der Waals surface area contributed by atoms with Gasteiger partial charge in [-0.25, -0.2) is 4.79 Å². The summed E-state index contributed by atoms with van der Waals surface area (Å²) in [5.74, 6) is 0.534. The highest BCUT2D eigenvalue weighted by molar-refractivity contribution is 5.90. The molecule has 2 atom stereocenters. The van der Waals surface area contributed by atoms with Gasteiger partial charge in [0.15, 0.2) is 11.5 Å². The molecule has 0 aromatic heterocycles. The summed E-state index contributed by atoms with van der Waals surface area (Å²) in [6, 6.07) is 4.94. The first-order chi connectivity index (χ1) is 11.1. The van der Waals surface area contributed by atoms with Crippen LogP contribution in [0.25, 0.3) is 0 Å². The Kier molecular flexibility index (Phi) is 3.28. The number of benzene rings is 1. The van der Waals surface area contributed by atoms with E-state index >= 15 is 0 Å². The number of carbonyl (C=O) groups is 2. The lowest BCUT2D eigenvalue weighted by Crippen LogP contribution is -2.33. The van der Waals surface area contributed by atoms with Crippen LogP contribution in [-0.4, -0.2) is 41.9 Å². The van der Waals surface area contributed by atoms with E-state index < -0.39 is 11.9 Å². The SMILES string of the molecule is O=C(O)C1CN(C(=O)Nc2ccc3c(c2)OCO3)CC1C1CC1. The fourth-order valence-corrected chi connectivity index (χ4v) is 3.43. The fraction of sp³-hybridized carbons (Fsp3) is 0.500. The summed E-state index contributed by atoms with van der Waals surface area (Å²) in [7, 11) is 0. The molecule has 4 rings (SSSR count). The highest BCUT2D eigenvalue weighted by Gasteiger charge is 2.46. The molecule has 1 aromatic carbocycles. The van der Waals surface area contributed by atoms with Gasteiger partial charge < -0.3 is 24.8 Å². The highest BCUT2D eigenvalue weighted by atomic mass is 16.7. The minimum atomic E-state index is -0.805. The second kappa shape index (κ2) is 5.33. The molecule has 1 saturated carbocycles. The van der Waals surface area contributed by atoms with Crippen LogP contribution >= 0.6 is 0 Å².